The maximum absolute atomic E-state index is 5.63. The maximum atomic E-state index is 5.63. The minimum atomic E-state index is -1.80. The van der Waals surface area contributed by atoms with Crippen molar-refractivity contribution in [3.63, 3.8) is 0 Å². The van der Waals surface area contributed by atoms with Crippen molar-refractivity contribution in [2.24, 2.45) is 23.5 Å². The van der Waals surface area contributed by atoms with Crippen molar-refractivity contribution in [1.82, 2.24) is 10.2 Å². The average Bonchev–Trinajstić information content (AvgIpc) is 2.74. The molecular formula is C21H44N3PS2. The Morgan fingerprint density at radius 2 is 1.00 bits per heavy atom. The lowest BCUT2D eigenvalue weighted by atomic mass is 9.89. The van der Waals surface area contributed by atoms with Crippen LogP contribution in [0.5, 0.6) is 0 Å². The molecule has 0 aromatic heterocycles. The Labute approximate surface area is 179 Å². The van der Waals surface area contributed by atoms with Crippen molar-refractivity contribution >= 4 is 29.6 Å². The van der Waals surface area contributed by atoms with E-state index in [2.05, 4.69) is 22.4 Å². The van der Waals surface area contributed by atoms with Crippen LogP contribution < -0.4 is 15.9 Å². The molecule has 0 saturated heterocycles. The molecule has 0 spiro atoms. The zero-order valence-electron chi connectivity index (χ0n) is 17.3. The lowest BCUT2D eigenvalue weighted by Crippen LogP contribution is -2.29. The number of rotatable bonds is 7. The largest absolute Gasteiger partial charge is 0.330 e. The summed E-state index contributed by atoms with van der Waals surface area (Å²) in [7, 11) is 0. The number of nitrogens with one attached hydrogen (secondary N) is 2. The first kappa shape index (κ1) is 24.2. The van der Waals surface area contributed by atoms with Gasteiger partial charge in [-0.2, -0.15) is 0 Å². The third kappa shape index (κ3) is 11.0. The Morgan fingerprint density at radius 3 is 1.30 bits per heavy atom. The predicted octanol–water partition coefficient (Wildman–Crippen LogP) is 6.01. The summed E-state index contributed by atoms with van der Waals surface area (Å²) < 4.78 is 0. The molecule has 3 saturated carbocycles. The van der Waals surface area contributed by atoms with Crippen molar-refractivity contribution in [2.75, 3.05) is 19.6 Å². The summed E-state index contributed by atoms with van der Waals surface area (Å²) in [6.45, 7) is 3.05. The standard InChI is InChI=1S/C14H29N2PS2.C7H15N/c18-17(19,15-11-13-7-3-1-4-8-13)16-12-14-9-5-2-6-10-14;8-6-7-4-2-1-3-5-7/h13-14H,1-12H2,(H3,15,16,18,19);7H,1-6,8H2. The molecule has 27 heavy (non-hydrogen) atoms. The Balaban J connectivity index is 0.000000273. The van der Waals surface area contributed by atoms with Gasteiger partial charge < -0.3 is 5.73 Å². The van der Waals surface area contributed by atoms with Gasteiger partial charge in [-0.3, -0.25) is 10.2 Å². The van der Waals surface area contributed by atoms with Gasteiger partial charge in [-0.15, -0.1) is 12.2 Å². The van der Waals surface area contributed by atoms with Crippen molar-refractivity contribution < 1.29 is 0 Å². The Hall–Kier alpha value is 0.880. The van der Waals surface area contributed by atoms with E-state index in [0.29, 0.717) is 0 Å². The molecule has 3 aliphatic rings. The first-order valence-corrected chi connectivity index (χ1v) is 15.6. The summed E-state index contributed by atoms with van der Waals surface area (Å²) >= 11 is 10.3. The Bertz CT molecular complexity index is 392. The summed E-state index contributed by atoms with van der Waals surface area (Å²) in [5.41, 5.74) is 3.71. The smallest absolute Gasteiger partial charge is 0.124 e. The summed E-state index contributed by atoms with van der Waals surface area (Å²) in [5, 5.41) is 7.09. The fourth-order valence-electron chi connectivity index (χ4n) is 4.77. The molecule has 3 rings (SSSR count). The molecule has 3 nitrogen and oxygen atoms in total. The second kappa shape index (κ2) is 14.0. The zero-order chi connectivity index (χ0) is 19.4. The van der Waals surface area contributed by atoms with Crippen LogP contribution in [0.4, 0.5) is 0 Å². The highest BCUT2D eigenvalue weighted by atomic mass is 32.9. The molecule has 4 N–H and O–H groups in total. The quantitative estimate of drug-likeness (QED) is 0.293. The fraction of sp³-hybridized carbons (Fsp3) is 1.00. The molecule has 3 aliphatic carbocycles. The summed E-state index contributed by atoms with van der Waals surface area (Å²) in [6, 6.07) is 0. The van der Waals surface area contributed by atoms with Crippen LogP contribution >= 0.6 is 17.8 Å². The zero-order valence-corrected chi connectivity index (χ0v) is 19.9. The van der Waals surface area contributed by atoms with Crippen LogP contribution in [0.3, 0.4) is 0 Å². The van der Waals surface area contributed by atoms with E-state index in [1.165, 1.54) is 96.3 Å². The first-order valence-electron chi connectivity index (χ1n) is 11.6. The SMILES string of the molecule is NCC1CCCCC1.S=P(S)(NCC1CCCCC1)NCC1CCCCC1. The Morgan fingerprint density at radius 1 is 0.667 bits per heavy atom. The minimum Gasteiger partial charge on any atom is -0.330 e. The molecule has 0 aliphatic heterocycles. The van der Waals surface area contributed by atoms with Crippen LogP contribution in [-0.2, 0) is 11.8 Å². The molecule has 0 radical (unpaired) electrons. The summed E-state index contributed by atoms with van der Waals surface area (Å²) in [4.78, 5) is 0. The van der Waals surface area contributed by atoms with Crippen molar-refractivity contribution in [2.45, 2.75) is 96.3 Å². The third-order valence-electron chi connectivity index (χ3n) is 6.70. The molecule has 3 fully saturated rings. The second-order valence-electron chi connectivity index (χ2n) is 9.05. The summed E-state index contributed by atoms with van der Waals surface area (Å²) in [6.07, 6.45) is 21.0. The van der Waals surface area contributed by atoms with Gasteiger partial charge in [-0.25, -0.2) is 0 Å². The van der Waals surface area contributed by atoms with Crippen molar-refractivity contribution in [3.05, 3.63) is 0 Å². The molecule has 6 heteroatoms. The first-order chi connectivity index (χ1) is 13.1. The second-order valence-corrected chi connectivity index (χ2v) is 15.1. The van der Waals surface area contributed by atoms with Gasteiger partial charge in [0.2, 0.25) is 0 Å². The van der Waals surface area contributed by atoms with Crippen LogP contribution in [-0.4, -0.2) is 19.6 Å². The van der Waals surface area contributed by atoms with Crippen molar-refractivity contribution in [3.8, 4) is 0 Å². The molecule has 0 heterocycles. The summed E-state index contributed by atoms with van der Waals surface area (Å²) in [5.74, 6) is 2.53. The van der Waals surface area contributed by atoms with Gasteiger partial charge in [-0.1, -0.05) is 69.6 Å². The van der Waals surface area contributed by atoms with E-state index in [4.69, 9.17) is 17.5 Å². The van der Waals surface area contributed by atoms with Crippen LogP contribution in [0.2, 0.25) is 0 Å². The lowest BCUT2D eigenvalue weighted by Gasteiger charge is -2.28. The molecule has 0 aromatic rings. The monoisotopic (exact) mass is 433 g/mol. The fourth-order valence-corrected chi connectivity index (χ4v) is 6.83. The van der Waals surface area contributed by atoms with E-state index >= 15 is 0 Å². The highest BCUT2D eigenvalue weighted by molar-refractivity contribution is 8.62. The molecule has 0 unspecified atom stereocenters. The third-order valence-corrected chi connectivity index (χ3v) is 9.54. The molecule has 0 atom stereocenters. The van der Waals surface area contributed by atoms with E-state index in [0.717, 1.165) is 37.4 Å². The lowest BCUT2D eigenvalue weighted by molar-refractivity contribution is 0.354. The van der Waals surface area contributed by atoms with Gasteiger partial charge in [0, 0.05) is 13.1 Å². The highest BCUT2D eigenvalue weighted by Gasteiger charge is 2.19. The van der Waals surface area contributed by atoms with Crippen LogP contribution in [0, 0.1) is 17.8 Å². The number of thiol groups is 1. The molecular weight excluding hydrogens is 389 g/mol. The molecule has 0 bridgehead atoms. The van der Waals surface area contributed by atoms with Gasteiger partial charge in [-0.05, 0) is 62.8 Å². The van der Waals surface area contributed by atoms with E-state index in [-0.39, 0.29) is 0 Å². The van der Waals surface area contributed by atoms with E-state index in [1.807, 2.05) is 0 Å². The van der Waals surface area contributed by atoms with E-state index in [1.54, 1.807) is 0 Å². The topological polar surface area (TPSA) is 50.1 Å². The molecule has 0 amide bonds. The number of nitrogens with two attached hydrogens (primary N) is 1. The van der Waals surface area contributed by atoms with Gasteiger partial charge in [0.15, 0.2) is 0 Å². The van der Waals surface area contributed by atoms with E-state index < -0.39 is 5.54 Å². The molecule has 160 valence electrons. The molecule has 0 aromatic carbocycles. The van der Waals surface area contributed by atoms with E-state index in [9.17, 15) is 0 Å². The minimum absolute atomic E-state index is 0.833. The Kier molecular flexibility index (Phi) is 12.5. The van der Waals surface area contributed by atoms with Crippen molar-refractivity contribution in [1.29, 1.82) is 0 Å². The van der Waals surface area contributed by atoms with Gasteiger partial charge >= 0.3 is 0 Å². The maximum Gasteiger partial charge on any atom is 0.124 e. The van der Waals surface area contributed by atoms with Crippen LogP contribution in [0.1, 0.15) is 96.3 Å². The van der Waals surface area contributed by atoms with Crippen LogP contribution in [0.25, 0.3) is 0 Å². The number of hydrogen-bond acceptors (Lipinski definition) is 2. The van der Waals surface area contributed by atoms with Gasteiger partial charge in [0.25, 0.3) is 0 Å². The highest BCUT2D eigenvalue weighted by Crippen LogP contribution is 2.43. The average molecular weight is 434 g/mol. The normalized spacial score (nSPS) is 23.6. The number of hydrogen-bond donors (Lipinski definition) is 4. The van der Waals surface area contributed by atoms with Crippen LogP contribution in [0.15, 0.2) is 0 Å². The van der Waals surface area contributed by atoms with Gasteiger partial charge in [0.05, 0.1) is 0 Å². The van der Waals surface area contributed by atoms with Gasteiger partial charge in [0.1, 0.15) is 5.54 Å². The predicted molar refractivity (Wildman–Crippen MR) is 128 cm³/mol.